The van der Waals surface area contributed by atoms with Crippen LogP contribution >= 0.6 is 0 Å². The minimum Gasteiger partial charge on any atom is -0.312 e. The van der Waals surface area contributed by atoms with Crippen LogP contribution in [0.3, 0.4) is 0 Å². The zero-order valence-corrected chi connectivity index (χ0v) is 14.3. The van der Waals surface area contributed by atoms with E-state index in [0.717, 1.165) is 11.8 Å². The zero-order chi connectivity index (χ0) is 14.5. The lowest BCUT2D eigenvalue weighted by Gasteiger charge is -2.31. The molecule has 114 valence electrons. The van der Waals surface area contributed by atoms with Crippen molar-refractivity contribution in [3.05, 3.63) is 0 Å². The van der Waals surface area contributed by atoms with Crippen LogP contribution in [-0.2, 0) is 0 Å². The Labute approximate surface area is 121 Å². The van der Waals surface area contributed by atoms with Gasteiger partial charge in [0.1, 0.15) is 0 Å². The van der Waals surface area contributed by atoms with E-state index in [1.54, 1.807) is 0 Å². The van der Waals surface area contributed by atoms with Gasteiger partial charge in [-0.25, -0.2) is 0 Å². The minimum absolute atomic E-state index is 0.265. The molecule has 1 aliphatic rings. The second-order valence-electron chi connectivity index (χ2n) is 8.89. The van der Waals surface area contributed by atoms with Crippen molar-refractivity contribution >= 4 is 0 Å². The van der Waals surface area contributed by atoms with Gasteiger partial charge in [0.2, 0.25) is 0 Å². The lowest BCUT2D eigenvalue weighted by atomic mass is 9.79. The lowest BCUT2D eigenvalue weighted by Crippen LogP contribution is -2.40. The maximum atomic E-state index is 3.75. The van der Waals surface area contributed by atoms with Crippen molar-refractivity contribution in [1.82, 2.24) is 5.32 Å². The number of hydrogen-bond donors (Lipinski definition) is 1. The van der Waals surface area contributed by atoms with E-state index in [1.165, 1.54) is 51.5 Å². The molecule has 0 aromatic rings. The normalized spacial score (nSPS) is 26.2. The van der Waals surface area contributed by atoms with Gasteiger partial charge in [-0.1, -0.05) is 46.5 Å². The van der Waals surface area contributed by atoms with Gasteiger partial charge in [0.25, 0.3) is 0 Å². The predicted molar refractivity (Wildman–Crippen MR) is 86.5 cm³/mol. The maximum absolute atomic E-state index is 3.75. The Morgan fingerprint density at radius 3 is 1.95 bits per heavy atom. The Morgan fingerprint density at radius 1 is 0.842 bits per heavy atom. The van der Waals surface area contributed by atoms with Crippen LogP contribution in [0.1, 0.15) is 86.5 Å². The first-order chi connectivity index (χ1) is 8.67. The summed E-state index contributed by atoms with van der Waals surface area (Å²) in [6.45, 7) is 15.2. The van der Waals surface area contributed by atoms with E-state index in [0.29, 0.717) is 5.41 Å². The van der Waals surface area contributed by atoms with E-state index in [1.807, 2.05) is 0 Å². The Hall–Kier alpha value is -0.0400. The lowest BCUT2D eigenvalue weighted by molar-refractivity contribution is 0.227. The third-order valence-corrected chi connectivity index (χ3v) is 4.48. The fourth-order valence-electron chi connectivity index (χ4n) is 3.17. The van der Waals surface area contributed by atoms with Crippen molar-refractivity contribution in [1.29, 1.82) is 0 Å². The molecule has 1 nitrogen and oxygen atoms in total. The molecular formula is C18H37N. The third-order valence-electron chi connectivity index (χ3n) is 4.48. The van der Waals surface area contributed by atoms with Gasteiger partial charge in [0, 0.05) is 5.54 Å². The van der Waals surface area contributed by atoms with Gasteiger partial charge in [0.05, 0.1) is 0 Å². The molecule has 1 saturated carbocycles. The molecule has 0 aromatic carbocycles. The van der Waals surface area contributed by atoms with Crippen molar-refractivity contribution in [2.45, 2.75) is 92.0 Å². The molecule has 0 radical (unpaired) electrons. The van der Waals surface area contributed by atoms with Crippen LogP contribution < -0.4 is 5.32 Å². The molecular weight excluding hydrogens is 230 g/mol. The largest absolute Gasteiger partial charge is 0.312 e. The van der Waals surface area contributed by atoms with Crippen molar-refractivity contribution < 1.29 is 0 Å². The molecule has 1 fully saturated rings. The molecule has 0 spiro atoms. The average molecular weight is 268 g/mol. The summed E-state index contributed by atoms with van der Waals surface area (Å²) in [7, 11) is 0. The van der Waals surface area contributed by atoms with E-state index in [9.17, 15) is 0 Å². The first-order valence-electron chi connectivity index (χ1n) is 8.42. The molecule has 1 heteroatoms. The SMILES string of the molecule is CC(C)(C)CCC1CCCCCC1CNC(C)(C)C. The molecule has 0 bridgehead atoms. The van der Waals surface area contributed by atoms with Gasteiger partial charge in [-0.15, -0.1) is 0 Å². The summed E-state index contributed by atoms with van der Waals surface area (Å²) in [6, 6.07) is 0. The summed E-state index contributed by atoms with van der Waals surface area (Å²) in [5.74, 6) is 1.86. The van der Waals surface area contributed by atoms with Gasteiger partial charge in [-0.3, -0.25) is 0 Å². The molecule has 1 rings (SSSR count). The van der Waals surface area contributed by atoms with Crippen LogP contribution in [-0.4, -0.2) is 12.1 Å². The van der Waals surface area contributed by atoms with Crippen LogP contribution in [0, 0.1) is 17.3 Å². The molecule has 0 saturated heterocycles. The molecule has 2 atom stereocenters. The second-order valence-corrected chi connectivity index (χ2v) is 8.89. The molecule has 2 unspecified atom stereocenters. The average Bonchev–Trinajstić information content (AvgIpc) is 2.46. The summed E-state index contributed by atoms with van der Waals surface area (Å²) in [6.07, 6.45) is 10.1. The third kappa shape index (κ3) is 7.97. The highest BCUT2D eigenvalue weighted by molar-refractivity contribution is 4.80. The van der Waals surface area contributed by atoms with Crippen LogP contribution in [0.15, 0.2) is 0 Å². The zero-order valence-electron chi connectivity index (χ0n) is 14.3. The van der Waals surface area contributed by atoms with Crippen LogP contribution in [0.25, 0.3) is 0 Å². The van der Waals surface area contributed by atoms with Crippen molar-refractivity contribution in [2.75, 3.05) is 6.54 Å². The molecule has 0 aromatic heterocycles. The molecule has 1 N–H and O–H groups in total. The van der Waals surface area contributed by atoms with Gasteiger partial charge in [-0.05, 0) is 63.8 Å². The van der Waals surface area contributed by atoms with Crippen molar-refractivity contribution in [3.8, 4) is 0 Å². The Morgan fingerprint density at radius 2 is 1.42 bits per heavy atom. The maximum Gasteiger partial charge on any atom is 0.00966 e. The Bertz CT molecular complexity index is 217. The monoisotopic (exact) mass is 267 g/mol. The smallest absolute Gasteiger partial charge is 0.00966 e. The predicted octanol–water partition coefficient (Wildman–Crippen LogP) is 5.40. The minimum atomic E-state index is 0.265. The summed E-state index contributed by atoms with van der Waals surface area (Å²) in [5.41, 5.74) is 0.759. The van der Waals surface area contributed by atoms with Crippen LogP contribution in [0.5, 0.6) is 0 Å². The van der Waals surface area contributed by atoms with E-state index >= 15 is 0 Å². The molecule has 0 heterocycles. The molecule has 0 aliphatic heterocycles. The highest BCUT2D eigenvalue weighted by Gasteiger charge is 2.26. The van der Waals surface area contributed by atoms with E-state index in [-0.39, 0.29) is 5.54 Å². The first-order valence-corrected chi connectivity index (χ1v) is 8.42. The molecule has 19 heavy (non-hydrogen) atoms. The van der Waals surface area contributed by atoms with Gasteiger partial charge < -0.3 is 5.32 Å². The quantitative estimate of drug-likeness (QED) is 0.673. The van der Waals surface area contributed by atoms with Gasteiger partial charge in [0.15, 0.2) is 0 Å². The first kappa shape index (κ1) is 17.0. The van der Waals surface area contributed by atoms with Crippen LogP contribution in [0.2, 0.25) is 0 Å². The van der Waals surface area contributed by atoms with Crippen molar-refractivity contribution in [3.63, 3.8) is 0 Å². The number of hydrogen-bond acceptors (Lipinski definition) is 1. The molecule has 1 aliphatic carbocycles. The topological polar surface area (TPSA) is 12.0 Å². The molecule has 0 amide bonds. The number of nitrogens with one attached hydrogen (secondary N) is 1. The summed E-state index contributed by atoms with van der Waals surface area (Å²) in [5, 5.41) is 3.75. The van der Waals surface area contributed by atoms with Gasteiger partial charge >= 0.3 is 0 Å². The Kier molecular flexibility index (Phi) is 6.36. The van der Waals surface area contributed by atoms with Gasteiger partial charge in [-0.2, -0.15) is 0 Å². The van der Waals surface area contributed by atoms with E-state index < -0.39 is 0 Å². The highest BCUT2D eigenvalue weighted by atomic mass is 14.9. The second kappa shape index (κ2) is 7.11. The van der Waals surface area contributed by atoms with Crippen molar-refractivity contribution in [2.24, 2.45) is 17.3 Å². The summed E-state index contributed by atoms with van der Waals surface area (Å²) >= 11 is 0. The van der Waals surface area contributed by atoms with Crippen LogP contribution in [0.4, 0.5) is 0 Å². The fraction of sp³-hybridized carbons (Fsp3) is 1.00. The number of rotatable bonds is 4. The summed E-state index contributed by atoms with van der Waals surface area (Å²) in [4.78, 5) is 0. The summed E-state index contributed by atoms with van der Waals surface area (Å²) < 4.78 is 0. The fourth-order valence-corrected chi connectivity index (χ4v) is 3.17. The standard InChI is InChI=1S/C18H37N/c1-17(2,3)13-12-15-10-8-7-9-11-16(15)14-19-18(4,5)6/h15-16,19H,7-14H2,1-6H3. The van der Waals surface area contributed by atoms with E-state index in [2.05, 4.69) is 46.9 Å². The van der Waals surface area contributed by atoms with E-state index in [4.69, 9.17) is 0 Å². The Balaban J connectivity index is 2.51. The highest BCUT2D eigenvalue weighted by Crippen LogP contribution is 2.35.